The van der Waals surface area contributed by atoms with Crippen LogP contribution in [0.3, 0.4) is 0 Å². The summed E-state index contributed by atoms with van der Waals surface area (Å²) in [6.45, 7) is 0. The predicted octanol–water partition coefficient (Wildman–Crippen LogP) is 3.28. The number of benzene rings is 1. The lowest BCUT2D eigenvalue weighted by atomic mass is 10.1. The first kappa shape index (κ1) is 13.6. The van der Waals surface area contributed by atoms with Gasteiger partial charge >= 0.3 is 5.97 Å². The van der Waals surface area contributed by atoms with E-state index in [4.69, 9.17) is 16.7 Å². The monoisotopic (exact) mass is 295 g/mol. The molecule has 2 N–H and O–H groups in total. The van der Waals surface area contributed by atoms with Crippen LogP contribution in [0.15, 0.2) is 35.7 Å². The van der Waals surface area contributed by atoms with Crippen LogP contribution in [-0.4, -0.2) is 17.0 Å². The lowest BCUT2D eigenvalue weighted by Gasteiger charge is -2.05. The molecule has 0 saturated carbocycles. The highest BCUT2D eigenvalue weighted by Crippen LogP contribution is 2.23. The Morgan fingerprint density at radius 1 is 1.32 bits per heavy atom. The molecule has 0 bridgehead atoms. The summed E-state index contributed by atoms with van der Waals surface area (Å²) in [5.74, 6) is -1.21. The minimum absolute atomic E-state index is 0.0799. The van der Waals surface area contributed by atoms with Crippen LogP contribution in [0, 0.1) is 0 Å². The summed E-state index contributed by atoms with van der Waals surface area (Å²) in [5.41, 5.74) is 1.18. The van der Waals surface area contributed by atoms with Gasteiger partial charge in [0, 0.05) is 5.69 Å². The zero-order chi connectivity index (χ0) is 13.8. The van der Waals surface area contributed by atoms with E-state index >= 15 is 0 Å². The van der Waals surface area contributed by atoms with Crippen molar-refractivity contribution >= 4 is 40.5 Å². The Balaban J connectivity index is 2.13. The summed E-state index contributed by atoms with van der Waals surface area (Å²) < 4.78 is 0. The third-order valence-corrected chi connectivity index (χ3v) is 3.70. The van der Waals surface area contributed by atoms with Crippen molar-refractivity contribution in [3.05, 3.63) is 51.2 Å². The highest BCUT2D eigenvalue weighted by molar-refractivity contribution is 7.12. The molecule has 98 valence electrons. The number of hydrogen-bond donors (Lipinski definition) is 2. The zero-order valence-corrected chi connectivity index (χ0v) is 11.3. The molecule has 0 atom stereocenters. The molecule has 2 aromatic rings. The molecule has 6 heteroatoms. The van der Waals surface area contributed by atoms with E-state index in [1.54, 1.807) is 35.7 Å². The summed E-state index contributed by atoms with van der Waals surface area (Å²) in [7, 11) is 0. The summed E-state index contributed by atoms with van der Waals surface area (Å²) in [6, 6.07) is 8.38. The fourth-order valence-electron chi connectivity index (χ4n) is 1.58. The number of aliphatic carboxylic acids is 1. The minimum atomic E-state index is -0.912. The number of anilines is 1. The molecular formula is C13H10ClNO3S. The first-order chi connectivity index (χ1) is 9.06. The van der Waals surface area contributed by atoms with Crippen LogP contribution in [0.25, 0.3) is 0 Å². The van der Waals surface area contributed by atoms with Crippen molar-refractivity contribution in [3.63, 3.8) is 0 Å². The van der Waals surface area contributed by atoms with Crippen molar-refractivity contribution in [2.24, 2.45) is 0 Å². The van der Waals surface area contributed by atoms with Gasteiger partial charge in [0.25, 0.3) is 5.91 Å². The van der Waals surface area contributed by atoms with Crippen LogP contribution in [0.4, 0.5) is 5.69 Å². The molecule has 2 rings (SSSR count). The van der Waals surface area contributed by atoms with Gasteiger partial charge in [0.2, 0.25) is 0 Å². The number of carbonyl (C=O) groups is 2. The molecule has 0 fully saturated rings. The van der Waals surface area contributed by atoms with E-state index in [0.29, 0.717) is 21.2 Å². The Bertz CT molecular complexity index is 624. The van der Waals surface area contributed by atoms with Gasteiger partial charge in [0.05, 0.1) is 11.4 Å². The van der Waals surface area contributed by atoms with Gasteiger partial charge in [-0.2, -0.15) is 0 Å². The van der Waals surface area contributed by atoms with Crippen molar-refractivity contribution in [2.75, 3.05) is 5.32 Å². The Morgan fingerprint density at radius 3 is 2.74 bits per heavy atom. The Kier molecular flexibility index (Phi) is 4.19. The van der Waals surface area contributed by atoms with Gasteiger partial charge in [0.1, 0.15) is 4.88 Å². The second kappa shape index (κ2) is 5.86. The molecule has 19 heavy (non-hydrogen) atoms. The third kappa shape index (κ3) is 3.56. The molecule has 0 aliphatic heterocycles. The van der Waals surface area contributed by atoms with Crippen molar-refractivity contribution < 1.29 is 14.7 Å². The quantitative estimate of drug-likeness (QED) is 0.909. The fourth-order valence-corrected chi connectivity index (χ4v) is 2.61. The van der Waals surface area contributed by atoms with Crippen LogP contribution in [-0.2, 0) is 11.2 Å². The standard InChI is InChI=1S/C13H10ClNO3S/c14-10-4-5-19-12(10)13(18)15-9-3-1-2-8(6-9)7-11(16)17/h1-6H,7H2,(H,15,18)(H,16,17). The summed E-state index contributed by atoms with van der Waals surface area (Å²) in [6.07, 6.45) is -0.0799. The predicted molar refractivity (Wildman–Crippen MR) is 75.1 cm³/mol. The Morgan fingerprint density at radius 2 is 2.11 bits per heavy atom. The van der Waals surface area contributed by atoms with Gasteiger partial charge < -0.3 is 10.4 Å². The second-order valence-electron chi connectivity index (χ2n) is 3.82. The number of nitrogens with one attached hydrogen (secondary N) is 1. The second-order valence-corrected chi connectivity index (χ2v) is 5.15. The number of rotatable bonds is 4. The average molecular weight is 296 g/mol. The van der Waals surface area contributed by atoms with E-state index in [0.717, 1.165) is 0 Å². The number of carbonyl (C=O) groups excluding carboxylic acids is 1. The SMILES string of the molecule is O=C(O)Cc1cccc(NC(=O)c2sccc2Cl)c1. The van der Waals surface area contributed by atoms with Crippen molar-refractivity contribution in [3.8, 4) is 0 Å². The van der Waals surface area contributed by atoms with E-state index in [1.165, 1.54) is 11.3 Å². The van der Waals surface area contributed by atoms with E-state index in [2.05, 4.69) is 5.32 Å². The summed E-state index contributed by atoms with van der Waals surface area (Å²) in [5, 5.41) is 13.6. The van der Waals surface area contributed by atoms with Crippen LogP contribution >= 0.6 is 22.9 Å². The first-order valence-corrected chi connectivity index (χ1v) is 6.67. The van der Waals surface area contributed by atoms with Crippen molar-refractivity contribution in [1.29, 1.82) is 0 Å². The van der Waals surface area contributed by atoms with Crippen LogP contribution < -0.4 is 5.32 Å². The molecular weight excluding hydrogens is 286 g/mol. The average Bonchev–Trinajstić information content (AvgIpc) is 2.75. The van der Waals surface area contributed by atoms with Gasteiger partial charge in [-0.1, -0.05) is 23.7 Å². The normalized spacial score (nSPS) is 10.2. The van der Waals surface area contributed by atoms with Crippen LogP contribution in [0.5, 0.6) is 0 Å². The maximum atomic E-state index is 11.9. The lowest BCUT2D eigenvalue weighted by molar-refractivity contribution is -0.136. The first-order valence-electron chi connectivity index (χ1n) is 5.41. The van der Waals surface area contributed by atoms with Crippen LogP contribution in [0.2, 0.25) is 5.02 Å². The maximum absolute atomic E-state index is 11.9. The molecule has 4 nitrogen and oxygen atoms in total. The van der Waals surface area contributed by atoms with Gasteiger partial charge in [-0.15, -0.1) is 11.3 Å². The topological polar surface area (TPSA) is 66.4 Å². The molecule has 1 amide bonds. The van der Waals surface area contributed by atoms with Crippen molar-refractivity contribution in [1.82, 2.24) is 0 Å². The van der Waals surface area contributed by atoms with E-state index in [9.17, 15) is 9.59 Å². The number of halogens is 1. The third-order valence-electron chi connectivity index (χ3n) is 2.36. The highest BCUT2D eigenvalue weighted by atomic mass is 35.5. The highest BCUT2D eigenvalue weighted by Gasteiger charge is 2.12. The molecule has 1 aromatic heterocycles. The molecule has 0 radical (unpaired) electrons. The molecule has 0 saturated heterocycles. The lowest BCUT2D eigenvalue weighted by Crippen LogP contribution is -2.11. The molecule has 0 spiro atoms. The fraction of sp³-hybridized carbons (Fsp3) is 0.0769. The Hall–Kier alpha value is -1.85. The van der Waals surface area contributed by atoms with Crippen molar-refractivity contribution in [2.45, 2.75) is 6.42 Å². The van der Waals surface area contributed by atoms with E-state index in [-0.39, 0.29) is 12.3 Å². The number of carboxylic acid groups (broad SMARTS) is 1. The number of hydrogen-bond acceptors (Lipinski definition) is 3. The molecule has 0 unspecified atom stereocenters. The molecule has 0 aliphatic rings. The van der Waals surface area contributed by atoms with Gasteiger partial charge in [-0.25, -0.2) is 0 Å². The maximum Gasteiger partial charge on any atom is 0.307 e. The van der Waals surface area contributed by atoms with Gasteiger partial charge in [0.15, 0.2) is 0 Å². The van der Waals surface area contributed by atoms with E-state index < -0.39 is 5.97 Å². The molecule has 1 aromatic carbocycles. The van der Waals surface area contributed by atoms with E-state index in [1.807, 2.05) is 0 Å². The summed E-state index contributed by atoms with van der Waals surface area (Å²) in [4.78, 5) is 23.0. The minimum Gasteiger partial charge on any atom is -0.481 e. The van der Waals surface area contributed by atoms with Gasteiger partial charge in [-0.3, -0.25) is 9.59 Å². The number of amides is 1. The largest absolute Gasteiger partial charge is 0.481 e. The molecule has 0 aliphatic carbocycles. The smallest absolute Gasteiger partial charge is 0.307 e. The van der Waals surface area contributed by atoms with Crippen LogP contribution in [0.1, 0.15) is 15.2 Å². The number of thiophene rings is 1. The molecule has 1 heterocycles. The number of carboxylic acids is 1. The van der Waals surface area contributed by atoms with Gasteiger partial charge in [-0.05, 0) is 29.1 Å². The Labute approximate surface area is 118 Å². The summed E-state index contributed by atoms with van der Waals surface area (Å²) >= 11 is 7.13. The zero-order valence-electron chi connectivity index (χ0n) is 9.72.